The van der Waals surface area contributed by atoms with Gasteiger partial charge in [0, 0.05) is 17.6 Å². The second-order valence-corrected chi connectivity index (χ2v) is 11.0. The van der Waals surface area contributed by atoms with Crippen LogP contribution in [0.4, 0.5) is 5.69 Å². The van der Waals surface area contributed by atoms with Gasteiger partial charge in [0.25, 0.3) is 0 Å². The number of nitrogens with one attached hydrogen (secondary N) is 1. The average molecular weight is 522 g/mol. The van der Waals surface area contributed by atoms with Gasteiger partial charge in [0.2, 0.25) is 21.8 Å². The van der Waals surface area contributed by atoms with Crippen LogP contribution in [0.25, 0.3) is 0 Å². The number of sulfonamides is 1. The molecular weight excluding hydrogens is 486 g/mol. The Bertz CT molecular complexity index is 1110. The normalized spacial score (nSPS) is 13.1. The van der Waals surface area contributed by atoms with Gasteiger partial charge in [0.05, 0.1) is 11.9 Å². The first-order chi connectivity index (χ1) is 16.5. The van der Waals surface area contributed by atoms with Crippen molar-refractivity contribution in [3.05, 3.63) is 64.7 Å². The van der Waals surface area contributed by atoms with E-state index in [0.29, 0.717) is 22.7 Å². The highest BCUT2D eigenvalue weighted by Crippen LogP contribution is 2.23. The van der Waals surface area contributed by atoms with E-state index in [4.69, 9.17) is 11.6 Å². The summed E-state index contributed by atoms with van der Waals surface area (Å²) in [5, 5.41) is 3.42. The number of anilines is 1. The van der Waals surface area contributed by atoms with Gasteiger partial charge in [-0.05, 0) is 55.5 Å². The summed E-state index contributed by atoms with van der Waals surface area (Å²) in [6, 6.07) is 13.3. The van der Waals surface area contributed by atoms with Crippen LogP contribution in [0.1, 0.15) is 51.7 Å². The van der Waals surface area contributed by atoms with Crippen LogP contribution in [-0.4, -0.2) is 50.0 Å². The van der Waals surface area contributed by atoms with E-state index in [1.807, 2.05) is 45.9 Å². The molecule has 0 saturated carbocycles. The van der Waals surface area contributed by atoms with Crippen LogP contribution in [0.15, 0.2) is 48.5 Å². The van der Waals surface area contributed by atoms with Gasteiger partial charge in [-0.15, -0.1) is 0 Å². The van der Waals surface area contributed by atoms with Crippen molar-refractivity contribution >= 4 is 39.1 Å². The smallest absolute Gasteiger partial charge is 0.244 e. The van der Waals surface area contributed by atoms with Crippen LogP contribution < -0.4 is 9.62 Å². The van der Waals surface area contributed by atoms with Crippen LogP contribution in [0.2, 0.25) is 5.02 Å². The highest BCUT2D eigenvalue weighted by atomic mass is 35.5. The third-order valence-corrected chi connectivity index (χ3v) is 7.51. The maximum absolute atomic E-state index is 13.7. The van der Waals surface area contributed by atoms with E-state index in [2.05, 4.69) is 5.32 Å². The third kappa shape index (κ3) is 7.97. The van der Waals surface area contributed by atoms with Gasteiger partial charge in [-0.25, -0.2) is 8.42 Å². The topological polar surface area (TPSA) is 86.8 Å². The number of amides is 2. The van der Waals surface area contributed by atoms with Crippen molar-refractivity contribution in [3.8, 4) is 0 Å². The molecule has 2 unspecified atom stereocenters. The fourth-order valence-electron chi connectivity index (χ4n) is 3.68. The molecule has 0 aliphatic heterocycles. The summed E-state index contributed by atoms with van der Waals surface area (Å²) in [7, 11) is -3.76. The molecule has 0 aliphatic carbocycles. The van der Waals surface area contributed by atoms with Gasteiger partial charge >= 0.3 is 0 Å². The monoisotopic (exact) mass is 521 g/mol. The summed E-state index contributed by atoms with van der Waals surface area (Å²) in [6.07, 6.45) is 2.99. The molecule has 0 heterocycles. The van der Waals surface area contributed by atoms with Crippen LogP contribution in [-0.2, 0) is 32.6 Å². The molecule has 2 atom stereocenters. The molecule has 0 bridgehead atoms. The lowest BCUT2D eigenvalue weighted by Crippen LogP contribution is -2.53. The quantitative estimate of drug-likeness (QED) is 0.448. The predicted octanol–water partition coefficient (Wildman–Crippen LogP) is 4.39. The van der Waals surface area contributed by atoms with Gasteiger partial charge in [-0.1, -0.05) is 62.7 Å². The number of halogens is 1. The average Bonchev–Trinajstić information content (AvgIpc) is 2.82. The second kappa shape index (κ2) is 12.9. The number of carbonyl (C=O) groups is 2. The van der Waals surface area contributed by atoms with E-state index in [1.165, 1.54) is 4.90 Å². The van der Waals surface area contributed by atoms with E-state index in [1.54, 1.807) is 30.3 Å². The zero-order valence-electron chi connectivity index (χ0n) is 21.1. The summed E-state index contributed by atoms with van der Waals surface area (Å²) in [6.45, 7) is 7.35. The van der Waals surface area contributed by atoms with Crippen molar-refractivity contribution in [1.82, 2.24) is 10.2 Å². The molecule has 192 valence electrons. The molecule has 0 spiro atoms. The zero-order valence-corrected chi connectivity index (χ0v) is 22.7. The lowest BCUT2D eigenvalue weighted by atomic mass is 10.1. The minimum absolute atomic E-state index is 0.0570. The fourth-order valence-corrected chi connectivity index (χ4v) is 4.73. The van der Waals surface area contributed by atoms with E-state index >= 15 is 0 Å². The Balaban J connectivity index is 2.44. The van der Waals surface area contributed by atoms with Crippen LogP contribution in [0, 0.1) is 0 Å². The molecule has 1 N–H and O–H groups in total. The Kier molecular flexibility index (Phi) is 10.6. The molecule has 0 radical (unpaired) electrons. The predicted molar refractivity (Wildman–Crippen MR) is 142 cm³/mol. The van der Waals surface area contributed by atoms with Crippen molar-refractivity contribution in [1.29, 1.82) is 0 Å². The molecular formula is C26H36ClN3O4S. The largest absolute Gasteiger partial charge is 0.352 e. The molecule has 2 amide bonds. The van der Waals surface area contributed by atoms with Gasteiger partial charge in [0.15, 0.2) is 0 Å². The summed E-state index contributed by atoms with van der Waals surface area (Å²) in [4.78, 5) is 28.2. The summed E-state index contributed by atoms with van der Waals surface area (Å²) in [5.74, 6) is -0.762. The van der Waals surface area contributed by atoms with Gasteiger partial charge < -0.3 is 10.2 Å². The molecule has 2 aromatic carbocycles. The lowest BCUT2D eigenvalue weighted by molar-refractivity contribution is -0.140. The number of nitrogens with zero attached hydrogens (tertiary/aromatic N) is 2. The number of aryl methyl sites for hydroxylation is 1. The minimum atomic E-state index is -3.76. The van der Waals surface area contributed by atoms with Gasteiger partial charge in [0.1, 0.15) is 12.6 Å². The van der Waals surface area contributed by atoms with Crippen molar-refractivity contribution in [2.75, 3.05) is 17.1 Å². The molecule has 0 fully saturated rings. The third-order valence-electron chi connectivity index (χ3n) is 6.00. The minimum Gasteiger partial charge on any atom is -0.352 e. The summed E-state index contributed by atoms with van der Waals surface area (Å²) >= 11 is 6.37. The van der Waals surface area contributed by atoms with Crippen LogP contribution in [0.3, 0.4) is 0 Å². The Hall–Kier alpha value is -2.58. The molecule has 7 nitrogen and oxygen atoms in total. The maximum Gasteiger partial charge on any atom is 0.244 e. The number of benzene rings is 2. The van der Waals surface area contributed by atoms with E-state index in [-0.39, 0.29) is 18.5 Å². The highest BCUT2D eigenvalue weighted by Gasteiger charge is 2.32. The highest BCUT2D eigenvalue weighted by molar-refractivity contribution is 7.92. The molecule has 9 heteroatoms. The first-order valence-corrected chi connectivity index (χ1v) is 14.1. The molecule has 0 aliphatic rings. The molecule has 0 saturated heterocycles. The van der Waals surface area contributed by atoms with E-state index < -0.39 is 28.5 Å². The molecule has 2 aromatic rings. The number of rotatable bonds is 12. The lowest BCUT2D eigenvalue weighted by Gasteiger charge is -2.33. The maximum atomic E-state index is 13.7. The van der Waals surface area contributed by atoms with Crippen molar-refractivity contribution in [2.24, 2.45) is 0 Å². The SMILES string of the molecule is CCc1ccc(N(CC(=O)N(Cc2ccccc2Cl)C(CC)C(=O)NC(C)CC)S(C)(=O)=O)cc1. The zero-order chi connectivity index (χ0) is 26.2. The molecule has 2 rings (SSSR count). The van der Waals surface area contributed by atoms with Gasteiger partial charge in [-0.2, -0.15) is 0 Å². The standard InChI is InChI=1S/C26H36ClN3O4S/c1-6-19(4)28-26(32)24(8-3)29(17-21-11-9-10-12-23(21)27)25(31)18-30(35(5,33)34)22-15-13-20(7-2)14-16-22/h9-16,19,24H,6-8,17-18H2,1-5H3,(H,28,32). The Morgan fingerprint density at radius 2 is 1.63 bits per heavy atom. The first-order valence-electron chi connectivity index (χ1n) is 11.9. The van der Waals surface area contributed by atoms with E-state index in [0.717, 1.165) is 29.0 Å². The Morgan fingerprint density at radius 1 is 1.00 bits per heavy atom. The summed E-state index contributed by atoms with van der Waals surface area (Å²) in [5.41, 5.74) is 2.13. The van der Waals surface area contributed by atoms with E-state index in [9.17, 15) is 18.0 Å². The second-order valence-electron chi connectivity index (χ2n) is 8.64. The molecule has 0 aromatic heterocycles. The van der Waals surface area contributed by atoms with Crippen molar-refractivity contribution in [3.63, 3.8) is 0 Å². The van der Waals surface area contributed by atoms with Crippen molar-refractivity contribution < 1.29 is 18.0 Å². The molecule has 35 heavy (non-hydrogen) atoms. The summed E-state index contributed by atoms with van der Waals surface area (Å²) < 4.78 is 26.4. The number of hydrogen-bond donors (Lipinski definition) is 1. The first kappa shape index (κ1) is 28.7. The number of hydrogen-bond acceptors (Lipinski definition) is 4. The number of carbonyl (C=O) groups excluding carboxylic acids is 2. The van der Waals surface area contributed by atoms with Gasteiger partial charge in [-0.3, -0.25) is 13.9 Å². The van der Waals surface area contributed by atoms with Crippen LogP contribution in [0.5, 0.6) is 0 Å². The van der Waals surface area contributed by atoms with Crippen LogP contribution >= 0.6 is 11.6 Å². The Labute approximate surface area is 214 Å². The Morgan fingerprint density at radius 3 is 2.14 bits per heavy atom. The fraction of sp³-hybridized carbons (Fsp3) is 0.462. The van der Waals surface area contributed by atoms with Crippen molar-refractivity contribution in [2.45, 2.75) is 65.6 Å².